The summed E-state index contributed by atoms with van der Waals surface area (Å²) in [7, 11) is 1.86. The van der Waals surface area contributed by atoms with Crippen LogP contribution in [0, 0.1) is 0 Å². The van der Waals surface area contributed by atoms with Gasteiger partial charge in [-0.2, -0.15) is 0 Å². The van der Waals surface area contributed by atoms with E-state index >= 15 is 0 Å². The van der Waals surface area contributed by atoms with Crippen LogP contribution in [0.3, 0.4) is 0 Å². The first kappa shape index (κ1) is 19.1. The molecular weight excluding hydrogens is 388 g/mol. The second-order valence-corrected chi connectivity index (χ2v) is 7.34. The minimum atomic E-state index is -0.0941. The summed E-state index contributed by atoms with van der Waals surface area (Å²) in [6.45, 7) is 0.670. The van der Waals surface area contributed by atoms with Gasteiger partial charge in [0.1, 0.15) is 18.1 Å². The minimum absolute atomic E-state index is 0.0941. The molecule has 0 fully saturated rings. The molecule has 0 saturated heterocycles. The summed E-state index contributed by atoms with van der Waals surface area (Å²) in [6.07, 6.45) is 1.58. The fraction of sp³-hybridized carbons (Fsp3) is 0.190. The number of benzene rings is 2. The molecule has 29 heavy (non-hydrogen) atoms. The lowest BCUT2D eigenvalue weighted by atomic mass is 10.1. The van der Waals surface area contributed by atoms with Crippen molar-refractivity contribution in [3.63, 3.8) is 0 Å². The summed E-state index contributed by atoms with van der Waals surface area (Å²) < 4.78 is 12.9. The van der Waals surface area contributed by atoms with Crippen molar-refractivity contribution in [3.8, 4) is 5.75 Å². The van der Waals surface area contributed by atoms with Crippen LogP contribution in [0.4, 0.5) is 0 Å². The van der Waals surface area contributed by atoms with Crippen LogP contribution in [-0.4, -0.2) is 26.4 Å². The van der Waals surface area contributed by atoms with Crippen LogP contribution in [0.5, 0.6) is 5.75 Å². The first-order valence-corrected chi connectivity index (χ1v) is 10.1. The van der Waals surface area contributed by atoms with E-state index in [-0.39, 0.29) is 11.7 Å². The van der Waals surface area contributed by atoms with Gasteiger partial charge >= 0.3 is 0 Å². The lowest BCUT2D eigenvalue weighted by Gasteiger charge is -2.08. The molecule has 8 heteroatoms. The highest BCUT2D eigenvalue weighted by Gasteiger charge is 2.12. The molecule has 2 aromatic carbocycles. The van der Waals surface area contributed by atoms with Gasteiger partial charge in [-0.1, -0.05) is 42.1 Å². The van der Waals surface area contributed by atoms with E-state index in [1.165, 1.54) is 17.1 Å². The molecule has 0 saturated carbocycles. The van der Waals surface area contributed by atoms with Crippen molar-refractivity contribution in [3.05, 3.63) is 72.4 Å². The fourth-order valence-electron chi connectivity index (χ4n) is 2.78. The number of nitrogens with one attached hydrogen (secondary N) is 1. The number of amides is 1. The molecule has 0 aliphatic heterocycles. The van der Waals surface area contributed by atoms with Crippen molar-refractivity contribution in [2.45, 2.75) is 18.3 Å². The number of nitrogens with zero attached hydrogens (tertiary/aromatic N) is 3. The summed E-state index contributed by atoms with van der Waals surface area (Å²) in [5.74, 6) is 2.34. The van der Waals surface area contributed by atoms with Crippen molar-refractivity contribution >= 4 is 28.4 Å². The van der Waals surface area contributed by atoms with E-state index in [0.717, 1.165) is 16.9 Å². The van der Waals surface area contributed by atoms with Crippen molar-refractivity contribution in [1.29, 1.82) is 0 Å². The van der Waals surface area contributed by atoms with Crippen LogP contribution in [-0.2, 0) is 25.0 Å². The predicted molar refractivity (Wildman–Crippen MR) is 111 cm³/mol. The van der Waals surface area contributed by atoms with Crippen LogP contribution in [0.2, 0.25) is 0 Å². The van der Waals surface area contributed by atoms with Gasteiger partial charge in [-0.15, -0.1) is 10.2 Å². The normalized spacial score (nSPS) is 10.9. The Balaban J connectivity index is 1.30. The molecule has 0 spiro atoms. The third-order valence-corrected chi connectivity index (χ3v) is 5.41. The molecule has 7 nitrogen and oxygen atoms in total. The monoisotopic (exact) mass is 408 g/mol. The van der Waals surface area contributed by atoms with E-state index in [2.05, 4.69) is 27.6 Å². The zero-order valence-corrected chi connectivity index (χ0v) is 16.7. The highest BCUT2D eigenvalue weighted by molar-refractivity contribution is 7.99. The number of aromatic nitrogens is 3. The smallest absolute Gasteiger partial charge is 0.230 e. The number of fused-ring (bicyclic) bond motifs is 1. The average molecular weight is 408 g/mol. The predicted octanol–water partition coefficient (Wildman–Crippen LogP) is 3.55. The Labute approximate surface area is 172 Å². The van der Waals surface area contributed by atoms with Gasteiger partial charge in [-0.05, 0) is 35.0 Å². The zero-order valence-electron chi connectivity index (χ0n) is 15.9. The topological polar surface area (TPSA) is 82.2 Å². The standard InChI is InChI=1S/C21H20N4O3S/c1-25-19(13-28-17-9-8-15-5-2-3-6-16(15)11-17)23-24-21(25)29-14-20(26)22-12-18-7-4-10-27-18/h2-11H,12-14H2,1H3,(H,22,26). The molecule has 2 aromatic heterocycles. The molecule has 0 unspecified atom stereocenters. The molecule has 0 atom stereocenters. The number of carbonyl (C=O) groups is 1. The van der Waals surface area contributed by atoms with Crippen molar-refractivity contribution in [2.75, 3.05) is 5.75 Å². The molecule has 0 aliphatic carbocycles. The Hall–Kier alpha value is -3.26. The molecule has 148 valence electrons. The average Bonchev–Trinajstić information content (AvgIpc) is 3.39. The molecule has 0 bridgehead atoms. The number of furan rings is 1. The molecule has 4 rings (SSSR count). The maximum absolute atomic E-state index is 12.0. The van der Waals surface area contributed by atoms with Gasteiger partial charge in [0.05, 0.1) is 18.6 Å². The van der Waals surface area contributed by atoms with E-state index < -0.39 is 0 Å². The minimum Gasteiger partial charge on any atom is -0.486 e. The number of hydrogen-bond donors (Lipinski definition) is 1. The first-order valence-electron chi connectivity index (χ1n) is 9.11. The Morgan fingerprint density at radius 2 is 2.00 bits per heavy atom. The van der Waals surface area contributed by atoms with E-state index in [1.54, 1.807) is 12.3 Å². The van der Waals surface area contributed by atoms with Crippen molar-refractivity contribution < 1.29 is 13.9 Å². The van der Waals surface area contributed by atoms with Crippen LogP contribution in [0.1, 0.15) is 11.6 Å². The van der Waals surface area contributed by atoms with Gasteiger partial charge in [-0.3, -0.25) is 4.79 Å². The van der Waals surface area contributed by atoms with Crippen molar-refractivity contribution in [2.24, 2.45) is 7.05 Å². The second kappa shape index (κ2) is 8.83. The van der Waals surface area contributed by atoms with Crippen LogP contribution < -0.4 is 10.1 Å². The van der Waals surface area contributed by atoms with Gasteiger partial charge in [0.25, 0.3) is 0 Å². The third-order valence-electron chi connectivity index (χ3n) is 4.39. The maximum Gasteiger partial charge on any atom is 0.230 e. The SMILES string of the molecule is Cn1c(COc2ccc3ccccc3c2)nnc1SCC(=O)NCc1ccco1. The van der Waals surface area contributed by atoms with Crippen molar-refractivity contribution in [1.82, 2.24) is 20.1 Å². The summed E-state index contributed by atoms with van der Waals surface area (Å²) in [5.41, 5.74) is 0. The Morgan fingerprint density at radius 1 is 1.14 bits per heavy atom. The van der Waals surface area contributed by atoms with E-state index in [4.69, 9.17) is 9.15 Å². The quantitative estimate of drug-likeness (QED) is 0.449. The van der Waals surface area contributed by atoms with Crippen LogP contribution in [0.15, 0.2) is 70.4 Å². The fourth-order valence-corrected chi connectivity index (χ4v) is 3.54. The summed E-state index contributed by atoms with van der Waals surface area (Å²) in [5, 5.41) is 14.1. The highest BCUT2D eigenvalue weighted by Crippen LogP contribution is 2.22. The first-order chi connectivity index (χ1) is 14.2. The highest BCUT2D eigenvalue weighted by atomic mass is 32.2. The Bertz CT molecular complexity index is 1110. The number of ether oxygens (including phenoxy) is 1. The Kier molecular flexibility index (Phi) is 5.81. The van der Waals surface area contributed by atoms with E-state index in [1.807, 2.05) is 48.0 Å². The molecule has 2 heterocycles. The lowest BCUT2D eigenvalue weighted by molar-refractivity contribution is -0.118. The molecule has 1 amide bonds. The number of thioether (sulfide) groups is 1. The van der Waals surface area contributed by atoms with Gasteiger partial charge in [0.2, 0.25) is 5.91 Å². The van der Waals surface area contributed by atoms with Gasteiger partial charge in [0, 0.05) is 7.05 Å². The summed E-state index contributed by atoms with van der Waals surface area (Å²) in [4.78, 5) is 12.0. The Morgan fingerprint density at radius 3 is 2.83 bits per heavy atom. The maximum atomic E-state index is 12.0. The third kappa shape index (κ3) is 4.78. The number of carbonyl (C=O) groups excluding carboxylic acids is 1. The lowest BCUT2D eigenvalue weighted by Crippen LogP contribution is -2.24. The van der Waals surface area contributed by atoms with Gasteiger partial charge in [0.15, 0.2) is 11.0 Å². The summed E-state index contributed by atoms with van der Waals surface area (Å²) >= 11 is 1.33. The van der Waals surface area contributed by atoms with E-state index in [0.29, 0.717) is 24.1 Å². The molecule has 0 aliphatic rings. The van der Waals surface area contributed by atoms with Gasteiger partial charge < -0.3 is 19.0 Å². The number of hydrogen-bond acceptors (Lipinski definition) is 6. The van der Waals surface area contributed by atoms with Crippen LogP contribution >= 0.6 is 11.8 Å². The second-order valence-electron chi connectivity index (χ2n) is 6.40. The molecular formula is C21H20N4O3S. The largest absolute Gasteiger partial charge is 0.486 e. The zero-order chi connectivity index (χ0) is 20.1. The van der Waals surface area contributed by atoms with E-state index in [9.17, 15) is 4.79 Å². The van der Waals surface area contributed by atoms with Crippen LogP contribution in [0.25, 0.3) is 10.8 Å². The molecule has 4 aromatic rings. The molecule has 1 N–H and O–H groups in total. The summed E-state index contributed by atoms with van der Waals surface area (Å²) in [6, 6.07) is 17.7. The van der Waals surface area contributed by atoms with Gasteiger partial charge in [-0.25, -0.2) is 0 Å². The number of rotatable bonds is 8. The molecule has 0 radical (unpaired) electrons.